The zero-order chi connectivity index (χ0) is 19.4. The van der Waals surface area contributed by atoms with Crippen molar-refractivity contribution in [3.63, 3.8) is 0 Å². The molecule has 1 saturated carbocycles. The normalized spacial score (nSPS) is 26.6. The molecule has 2 fully saturated rings. The van der Waals surface area contributed by atoms with Crippen molar-refractivity contribution < 1.29 is 14.7 Å². The molecule has 148 valence electrons. The third-order valence-electron chi connectivity index (χ3n) is 6.01. The SMILES string of the molecule is CN(Cc1ccccc1)C(=O)C1CCN(C(=O)[C@H]2CC[C@@H](N)[C@H](O)C2)CC1. The lowest BCUT2D eigenvalue weighted by molar-refractivity contribution is -0.143. The number of hydrogen-bond donors (Lipinski definition) is 2. The second-order valence-electron chi connectivity index (χ2n) is 8.02. The highest BCUT2D eigenvalue weighted by atomic mass is 16.3. The molecule has 0 bridgehead atoms. The van der Waals surface area contributed by atoms with E-state index in [2.05, 4.69) is 0 Å². The van der Waals surface area contributed by atoms with Crippen LogP contribution in [0.3, 0.4) is 0 Å². The van der Waals surface area contributed by atoms with Crippen LogP contribution >= 0.6 is 0 Å². The van der Waals surface area contributed by atoms with Crippen LogP contribution in [-0.2, 0) is 16.1 Å². The number of carbonyl (C=O) groups is 2. The van der Waals surface area contributed by atoms with Crippen LogP contribution in [0.5, 0.6) is 0 Å². The Balaban J connectivity index is 1.48. The fourth-order valence-electron chi connectivity index (χ4n) is 4.25. The number of carbonyl (C=O) groups excluding carboxylic acids is 2. The Labute approximate surface area is 161 Å². The molecule has 1 aliphatic carbocycles. The fraction of sp³-hybridized carbons (Fsp3) is 0.619. The summed E-state index contributed by atoms with van der Waals surface area (Å²) in [4.78, 5) is 29.1. The van der Waals surface area contributed by atoms with Gasteiger partial charge in [0, 0.05) is 44.6 Å². The zero-order valence-electron chi connectivity index (χ0n) is 16.1. The minimum absolute atomic E-state index is 0.0202. The number of nitrogens with zero attached hydrogens (tertiary/aromatic N) is 2. The van der Waals surface area contributed by atoms with E-state index in [0.29, 0.717) is 45.3 Å². The molecule has 0 unspecified atom stereocenters. The highest BCUT2D eigenvalue weighted by Crippen LogP contribution is 2.28. The van der Waals surface area contributed by atoms with Gasteiger partial charge in [-0.25, -0.2) is 0 Å². The Morgan fingerprint density at radius 2 is 1.78 bits per heavy atom. The van der Waals surface area contributed by atoms with E-state index in [-0.39, 0.29) is 29.7 Å². The van der Waals surface area contributed by atoms with E-state index in [9.17, 15) is 14.7 Å². The number of amides is 2. The summed E-state index contributed by atoms with van der Waals surface area (Å²) in [5.74, 6) is 0.121. The first-order valence-corrected chi connectivity index (χ1v) is 9.97. The van der Waals surface area contributed by atoms with Gasteiger partial charge in [0.15, 0.2) is 0 Å². The van der Waals surface area contributed by atoms with Crippen molar-refractivity contribution in [1.82, 2.24) is 9.80 Å². The minimum Gasteiger partial charge on any atom is -0.391 e. The van der Waals surface area contributed by atoms with Crippen LogP contribution in [0.25, 0.3) is 0 Å². The topological polar surface area (TPSA) is 86.9 Å². The van der Waals surface area contributed by atoms with Gasteiger partial charge in [-0.1, -0.05) is 30.3 Å². The Bertz CT molecular complexity index is 643. The number of benzene rings is 1. The molecule has 1 saturated heterocycles. The highest BCUT2D eigenvalue weighted by molar-refractivity contribution is 5.81. The number of piperidine rings is 1. The largest absolute Gasteiger partial charge is 0.391 e. The second-order valence-corrected chi connectivity index (χ2v) is 8.02. The molecule has 6 heteroatoms. The fourth-order valence-corrected chi connectivity index (χ4v) is 4.25. The van der Waals surface area contributed by atoms with Gasteiger partial charge in [-0.15, -0.1) is 0 Å². The Hall–Kier alpha value is -1.92. The van der Waals surface area contributed by atoms with Crippen molar-refractivity contribution in [1.29, 1.82) is 0 Å². The molecule has 0 aromatic heterocycles. The zero-order valence-corrected chi connectivity index (χ0v) is 16.1. The number of aliphatic hydroxyl groups is 1. The van der Waals surface area contributed by atoms with Crippen LogP contribution in [-0.4, -0.2) is 59.0 Å². The number of likely N-dealkylation sites (tertiary alicyclic amines) is 1. The first-order chi connectivity index (χ1) is 13.0. The second kappa shape index (κ2) is 8.85. The van der Waals surface area contributed by atoms with Gasteiger partial charge in [0.05, 0.1) is 6.10 Å². The number of rotatable bonds is 4. The Morgan fingerprint density at radius 3 is 2.41 bits per heavy atom. The van der Waals surface area contributed by atoms with E-state index in [4.69, 9.17) is 5.73 Å². The molecule has 1 aromatic carbocycles. The van der Waals surface area contributed by atoms with Crippen LogP contribution in [0, 0.1) is 11.8 Å². The van der Waals surface area contributed by atoms with Gasteiger partial charge in [0.25, 0.3) is 0 Å². The van der Waals surface area contributed by atoms with E-state index >= 15 is 0 Å². The van der Waals surface area contributed by atoms with Crippen molar-refractivity contribution >= 4 is 11.8 Å². The van der Waals surface area contributed by atoms with E-state index in [1.54, 1.807) is 4.90 Å². The number of aliphatic hydroxyl groups excluding tert-OH is 1. The molecule has 3 N–H and O–H groups in total. The van der Waals surface area contributed by atoms with Gasteiger partial charge in [0.2, 0.25) is 11.8 Å². The van der Waals surface area contributed by atoms with Gasteiger partial charge >= 0.3 is 0 Å². The first kappa shape index (κ1) is 19.8. The maximum atomic E-state index is 12.7. The van der Waals surface area contributed by atoms with Crippen LogP contribution in [0.2, 0.25) is 0 Å². The summed E-state index contributed by atoms with van der Waals surface area (Å²) < 4.78 is 0. The van der Waals surface area contributed by atoms with Crippen molar-refractivity contribution in [2.24, 2.45) is 17.6 Å². The number of hydrogen-bond acceptors (Lipinski definition) is 4. The molecule has 1 aliphatic heterocycles. The van der Waals surface area contributed by atoms with Gasteiger partial charge in [-0.05, 0) is 37.7 Å². The van der Waals surface area contributed by atoms with Crippen molar-refractivity contribution in [2.45, 2.75) is 50.8 Å². The predicted octanol–water partition coefficient (Wildman–Crippen LogP) is 1.37. The van der Waals surface area contributed by atoms with Crippen molar-refractivity contribution in [3.8, 4) is 0 Å². The molecule has 0 spiro atoms. The van der Waals surface area contributed by atoms with E-state index in [0.717, 1.165) is 12.0 Å². The average Bonchev–Trinajstić information content (AvgIpc) is 2.70. The Kier molecular flexibility index (Phi) is 6.50. The van der Waals surface area contributed by atoms with Crippen LogP contribution in [0.4, 0.5) is 0 Å². The van der Waals surface area contributed by atoms with Gasteiger partial charge in [0.1, 0.15) is 0 Å². The standard InChI is InChI=1S/C21H31N3O3/c1-23(14-15-5-3-2-4-6-15)20(26)16-9-11-24(12-10-16)21(27)17-7-8-18(22)19(25)13-17/h2-6,16-19,25H,7-14,22H2,1H3/t17-,18+,19+/m0/s1. The average molecular weight is 373 g/mol. The molecule has 27 heavy (non-hydrogen) atoms. The lowest BCUT2D eigenvalue weighted by Crippen LogP contribution is -2.48. The van der Waals surface area contributed by atoms with Gasteiger partial charge < -0.3 is 20.6 Å². The summed E-state index contributed by atoms with van der Waals surface area (Å²) >= 11 is 0. The van der Waals surface area contributed by atoms with Crippen molar-refractivity contribution in [2.75, 3.05) is 20.1 Å². The van der Waals surface area contributed by atoms with Crippen LogP contribution in [0.15, 0.2) is 30.3 Å². The summed E-state index contributed by atoms with van der Waals surface area (Å²) in [6, 6.07) is 9.76. The Morgan fingerprint density at radius 1 is 1.11 bits per heavy atom. The highest BCUT2D eigenvalue weighted by Gasteiger charge is 2.35. The van der Waals surface area contributed by atoms with E-state index < -0.39 is 6.10 Å². The molecule has 1 heterocycles. The van der Waals surface area contributed by atoms with Crippen molar-refractivity contribution in [3.05, 3.63) is 35.9 Å². The summed E-state index contributed by atoms with van der Waals surface area (Å²) in [5, 5.41) is 9.95. The molecule has 1 aromatic rings. The first-order valence-electron chi connectivity index (χ1n) is 9.97. The van der Waals surface area contributed by atoms with Gasteiger partial charge in [-0.2, -0.15) is 0 Å². The third-order valence-corrected chi connectivity index (χ3v) is 6.01. The molecule has 2 aliphatic rings. The molecular weight excluding hydrogens is 342 g/mol. The lowest BCUT2D eigenvalue weighted by atomic mass is 9.83. The molecule has 6 nitrogen and oxygen atoms in total. The third kappa shape index (κ3) is 4.87. The quantitative estimate of drug-likeness (QED) is 0.835. The van der Waals surface area contributed by atoms with E-state index in [1.807, 2.05) is 42.3 Å². The predicted molar refractivity (Wildman–Crippen MR) is 104 cm³/mol. The number of nitrogens with two attached hydrogens (primary N) is 1. The molecule has 3 atom stereocenters. The smallest absolute Gasteiger partial charge is 0.225 e. The maximum absolute atomic E-state index is 12.7. The molecule has 3 rings (SSSR count). The summed E-state index contributed by atoms with van der Waals surface area (Å²) in [6.07, 6.45) is 2.72. The summed E-state index contributed by atoms with van der Waals surface area (Å²) in [7, 11) is 1.85. The molecule has 0 radical (unpaired) electrons. The monoisotopic (exact) mass is 373 g/mol. The molecule has 2 amide bonds. The van der Waals surface area contributed by atoms with E-state index in [1.165, 1.54) is 0 Å². The maximum Gasteiger partial charge on any atom is 0.225 e. The summed E-state index contributed by atoms with van der Waals surface area (Å²) in [5.41, 5.74) is 6.96. The molecular formula is C21H31N3O3. The lowest BCUT2D eigenvalue weighted by Gasteiger charge is -2.37. The van der Waals surface area contributed by atoms with Crippen LogP contribution in [0.1, 0.15) is 37.7 Å². The summed E-state index contributed by atoms with van der Waals surface area (Å²) in [6.45, 7) is 1.85. The minimum atomic E-state index is -0.585. The van der Waals surface area contributed by atoms with Crippen LogP contribution < -0.4 is 5.73 Å². The van der Waals surface area contributed by atoms with Gasteiger partial charge in [-0.3, -0.25) is 9.59 Å².